The van der Waals surface area contributed by atoms with Gasteiger partial charge in [-0.05, 0) is 63.3 Å². The molecule has 1 aromatic heterocycles. The van der Waals surface area contributed by atoms with Gasteiger partial charge in [-0.1, -0.05) is 67.9 Å². The fourth-order valence-corrected chi connectivity index (χ4v) is 5.46. The van der Waals surface area contributed by atoms with Crippen LogP contribution in [0.4, 0.5) is 5.82 Å². The van der Waals surface area contributed by atoms with E-state index < -0.39 is 0 Å². The fourth-order valence-electron chi connectivity index (χ4n) is 5.33. The van der Waals surface area contributed by atoms with Gasteiger partial charge in [-0.3, -0.25) is 4.79 Å². The molecule has 0 saturated carbocycles. The number of nitrogens with zero attached hydrogens (tertiary/aromatic N) is 2. The maximum absolute atomic E-state index is 13.9. The number of rotatable bonds is 7. The van der Waals surface area contributed by atoms with Gasteiger partial charge in [0.2, 0.25) is 0 Å². The first-order valence-corrected chi connectivity index (χ1v) is 12.3. The number of benzene rings is 2. The molecule has 0 fully saturated rings. The minimum absolute atomic E-state index is 0.134. The molecule has 1 atom stereocenters. The van der Waals surface area contributed by atoms with Crippen LogP contribution in [0, 0.1) is 6.92 Å². The van der Waals surface area contributed by atoms with Crippen LogP contribution in [0.15, 0.2) is 54.6 Å². The summed E-state index contributed by atoms with van der Waals surface area (Å²) in [5.74, 6) is 0.990. The van der Waals surface area contributed by atoms with Gasteiger partial charge >= 0.3 is 0 Å². The molecule has 4 rings (SSSR count). The summed E-state index contributed by atoms with van der Waals surface area (Å²) in [5.41, 5.74) is 3.48. The van der Waals surface area contributed by atoms with Gasteiger partial charge in [-0.2, -0.15) is 5.10 Å². The Morgan fingerprint density at radius 3 is 2.36 bits per heavy atom. The third-order valence-electron chi connectivity index (χ3n) is 7.44. The molecule has 1 aliphatic rings. The number of nitrogens with one attached hydrogen (secondary N) is 1. The molecule has 2 heterocycles. The quantitative estimate of drug-likeness (QED) is 0.369. The maximum Gasteiger partial charge on any atom is 0.169 e. The molecule has 0 radical (unpaired) electrons. The van der Waals surface area contributed by atoms with Crippen LogP contribution in [0.3, 0.4) is 0 Å². The number of fused-ring (bicyclic) bond motifs is 1. The highest BCUT2D eigenvalue weighted by atomic mass is 35.5. The molecule has 0 saturated heterocycles. The Balaban J connectivity index is 1.72. The van der Waals surface area contributed by atoms with Crippen LogP contribution in [-0.2, 0) is 11.0 Å². The molecule has 1 N–H and O–H groups in total. The molecule has 1 unspecified atom stereocenters. The van der Waals surface area contributed by atoms with E-state index in [1.807, 2.05) is 29.8 Å². The van der Waals surface area contributed by atoms with E-state index in [1.165, 1.54) is 11.1 Å². The predicted molar refractivity (Wildman–Crippen MR) is 136 cm³/mol. The van der Waals surface area contributed by atoms with Crippen molar-refractivity contribution >= 4 is 23.2 Å². The van der Waals surface area contributed by atoms with Crippen molar-refractivity contribution in [2.45, 2.75) is 77.3 Å². The SMILES string of the molecule is CCC(CC)(CC(=O)c1c(C)nn2c1NC(c1ccccc1)CC2(C)C)c1ccc(Cl)cc1. The first-order chi connectivity index (χ1) is 15.7. The maximum atomic E-state index is 13.9. The average Bonchev–Trinajstić information content (AvgIpc) is 3.15. The van der Waals surface area contributed by atoms with Crippen LogP contribution in [0.1, 0.15) is 86.6 Å². The monoisotopic (exact) mass is 463 g/mol. The molecule has 33 heavy (non-hydrogen) atoms. The molecule has 3 aromatic rings. The van der Waals surface area contributed by atoms with E-state index >= 15 is 0 Å². The minimum Gasteiger partial charge on any atom is -0.363 e. The van der Waals surface area contributed by atoms with E-state index in [4.69, 9.17) is 16.7 Å². The van der Waals surface area contributed by atoms with Crippen LogP contribution in [0.25, 0.3) is 0 Å². The zero-order valence-corrected chi connectivity index (χ0v) is 21.0. The third kappa shape index (κ3) is 4.33. The Morgan fingerprint density at radius 2 is 1.76 bits per heavy atom. The molecule has 0 spiro atoms. The second kappa shape index (κ2) is 8.98. The third-order valence-corrected chi connectivity index (χ3v) is 7.69. The van der Waals surface area contributed by atoms with Gasteiger partial charge in [0.25, 0.3) is 0 Å². The van der Waals surface area contributed by atoms with Gasteiger partial charge < -0.3 is 5.32 Å². The Hall–Kier alpha value is -2.59. The number of anilines is 1. The van der Waals surface area contributed by atoms with Gasteiger partial charge in [-0.25, -0.2) is 4.68 Å². The number of carbonyl (C=O) groups is 1. The summed E-state index contributed by atoms with van der Waals surface area (Å²) in [4.78, 5) is 13.9. The molecule has 2 aromatic carbocycles. The van der Waals surface area contributed by atoms with Crippen LogP contribution >= 0.6 is 11.6 Å². The van der Waals surface area contributed by atoms with Crippen molar-refractivity contribution < 1.29 is 4.79 Å². The smallest absolute Gasteiger partial charge is 0.169 e. The summed E-state index contributed by atoms with van der Waals surface area (Å²) in [5, 5.41) is 9.22. The second-order valence-corrected chi connectivity index (χ2v) is 10.4. The summed E-state index contributed by atoms with van der Waals surface area (Å²) in [6.45, 7) is 10.7. The Morgan fingerprint density at radius 1 is 1.12 bits per heavy atom. The summed E-state index contributed by atoms with van der Waals surface area (Å²) >= 11 is 6.14. The van der Waals surface area contributed by atoms with E-state index in [0.717, 1.165) is 36.3 Å². The fraction of sp³-hybridized carbons (Fsp3) is 0.429. The molecule has 4 nitrogen and oxygen atoms in total. The molecule has 1 aliphatic heterocycles. The largest absolute Gasteiger partial charge is 0.363 e. The normalized spacial score (nSPS) is 17.3. The van der Waals surface area contributed by atoms with Gasteiger partial charge in [0.05, 0.1) is 22.8 Å². The van der Waals surface area contributed by atoms with Gasteiger partial charge in [0.1, 0.15) is 5.82 Å². The first-order valence-electron chi connectivity index (χ1n) is 11.9. The zero-order chi connectivity index (χ0) is 23.8. The average molecular weight is 464 g/mol. The number of hydrogen-bond donors (Lipinski definition) is 1. The highest BCUT2D eigenvalue weighted by Crippen LogP contribution is 2.43. The molecule has 0 aliphatic carbocycles. The highest BCUT2D eigenvalue weighted by Gasteiger charge is 2.39. The predicted octanol–water partition coefficient (Wildman–Crippen LogP) is 7.47. The topological polar surface area (TPSA) is 46.9 Å². The van der Waals surface area contributed by atoms with Gasteiger partial charge in [0, 0.05) is 16.9 Å². The van der Waals surface area contributed by atoms with E-state index in [1.54, 1.807) is 0 Å². The molecular weight excluding hydrogens is 430 g/mol. The number of hydrogen-bond acceptors (Lipinski definition) is 3. The van der Waals surface area contributed by atoms with E-state index in [-0.39, 0.29) is 22.8 Å². The number of carbonyl (C=O) groups excluding carboxylic acids is 1. The number of ketones is 1. The van der Waals surface area contributed by atoms with Crippen LogP contribution in [0.5, 0.6) is 0 Å². The summed E-state index contributed by atoms with van der Waals surface area (Å²) < 4.78 is 2.02. The van der Waals surface area contributed by atoms with Crippen molar-refractivity contribution in [3.8, 4) is 0 Å². The lowest BCUT2D eigenvalue weighted by Gasteiger charge is -2.38. The first kappa shape index (κ1) is 23.6. The zero-order valence-electron chi connectivity index (χ0n) is 20.3. The summed E-state index contributed by atoms with van der Waals surface area (Å²) in [6.07, 6.45) is 3.10. The molecule has 174 valence electrons. The standard InChI is InChI=1S/C28H34ClN3O/c1-6-28(7-2,21-13-15-22(29)16-14-21)18-24(33)25-19(3)31-32-26(25)30-23(17-27(32,4)5)20-11-9-8-10-12-20/h8-16,23,30H,6-7,17-18H2,1-5H3. The summed E-state index contributed by atoms with van der Waals surface area (Å²) in [6, 6.07) is 18.6. The van der Waals surface area contributed by atoms with Gasteiger partial charge in [-0.15, -0.1) is 0 Å². The molecule has 0 bridgehead atoms. The number of halogens is 1. The number of Topliss-reactive ketones (excluding diaryl/α,β-unsaturated/α-hetero) is 1. The Bertz CT molecular complexity index is 1130. The Kier molecular flexibility index (Phi) is 6.41. The van der Waals surface area contributed by atoms with Crippen molar-refractivity contribution in [1.82, 2.24) is 9.78 Å². The van der Waals surface area contributed by atoms with E-state index in [0.29, 0.717) is 11.4 Å². The number of aryl methyl sites for hydroxylation is 1. The van der Waals surface area contributed by atoms with Crippen molar-refractivity contribution in [2.75, 3.05) is 5.32 Å². The minimum atomic E-state index is -0.230. The van der Waals surface area contributed by atoms with Crippen LogP contribution < -0.4 is 5.32 Å². The second-order valence-electron chi connectivity index (χ2n) is 9.94. The lowest BCUT2D eigenvalue weighted by Crippen LogP contribution is -2.38. The molecule has 5 heteroatoms. The molecular formula is C28H34ClN3O. The number of aromatic nitrogens is 2. The summed E-state index contributed by atoms with van der Waals surface area (Å²) in [7, 11) is 0. The van der Waals surface area contributed by atoms with E-state index in [2.05, 4.69) is 69.4 Å². The van der Waals surface area contributed by atoms with Crippen molar-refractivity contribution in [2.24, 2.45) is 0 Å². The van der Waals surface area contributed by atoms with Crippen molar-refractivity contribution in [3.63, 3.8) is 0 Å². The van der Waals surface area contributed by atoms with Crippen molar-refractivity contribution in [3.05, 3.63) is 82.0 Å². The van der Waals surface area contributed by atoms with Crippen molar-refractivity contribution in [1.29, 1.82) is 0 Å². The molecule has 0 amide bonds. The van der Waals surface area contributed by atoms with Crippen LogP contribution in [-0.4, -0.2) is 15.6 Å². The van der Waals surface area contributed by atoms with Crippen LogP contribution in [0.2, 0.25) is 5.02 Å². The van der Waals surface area contributed by atoms with E-state index in [9.17, 15) is 4.79 Å². The lowest BCUT2D eigenvalue weighted by atomic mass is 9.71. The van der Waals surface area contributed by atoms with Gasteiger partial charge in [0.15, 0.2) is 5.78 Å². The Labute approximate surface area is 202 Å². The highest BCUT2D eigenvalue weighted by molar-refractivity contribution is 6.30. The lowest BCUT2D eigenvalue weighted by molar-refractivity contribution is 0.0944.